The number of aliphatic hydroxyl groups is 1. The number of carbonyl (C=O) groups excluding carboxylic acids is 1. The van der Waals surface area contributed by atoms with E-state index in [9.17, 15) is 19.8 Å². The summed E-state index contributed by atoms with van der Waals surface area (Å²) in [6.07, 6.45) is 10.4. The minimum atomic E-state index is -1.60. The van der Waals surface area contributed by atoms with Gasteiger partial charge in [-0.25, -0.2) is 4.79 Å². The molecule has 0 radical (unpaired) electrons. The zero-order chi connectivity index (χ0) is 17.3. The number of ketones is 1. The van der Waals surface area contributed by atoms with E-state index in [0.717, 1.165) is 31.3 Å². The Labute approximate surface area is 191 Å². The molecule has 0 spiro atoms. The van der Waals surface area contributed by atoms with Gasteiger partial charge in [0.1, 0.15) is 0 Å². The van der Waals surface area contributed by atoms with Crippen LogP contribution in [0.4, 0.5) is 0 Å². The Morgan fingerprint density at radius 1 is 1.16 bits per heavy atom. The number of fused-ring (bicyclic) bond motifs is 5. The number of carboxylic acid groups (broad SMARTS) is 1. The summed E-state index contributed by atoms with van der Waals surface area (Å²) in [5, 5.41) is 20.5. The van der Waals surface area contributed by atoms with Gasteiger partial charge in [-0.3, -0.25) is 4.79 Å². The first-order chi connectivity index (χ1) is 11.2. The number of hydrogen-bond acceptors (Lipinski definition) is 3. The van der Waals surface area contributed by atoms with E-state index in [-0.39, 0.29) is 68.5 Å². The third kappa shape index (κ3) is 2.57. The monoisotopic (exact) mass is 369 g/mol. The van der Waals surface area contributed by atoms with Crippen molar-refractivity contribution in [2.45, 2.75) is 58.0 Å². The second kappa shape index (κ2) is 6.38. The molecule has 130 valence electrons. The van der Waals surface area contributed by atoms with Crippen LogP contribution in [-0.4, -0.2) is 27.6 Å². The normalized spacial score (nSPS) is 47.9. The van der Waals surface area contributed by atoms with E-state index in [2.05, 4.69) is 19.1 Å². The summed E-state index contributed by atoms with van der Waals surface area (Å²) in [4.78, 5) is 23.6. The second-order valence-corrected chi connectivity index (χ2v) is 8.79. The molecule has 4 unspecified atom stereocenters. The van der Waals surface area contributed by atoms with Gasteiger partial charge in [0.05, 0.1) is 0 Å². The minimum Gasteiger partial charge on any atom is -0.479 e. The molecule has 0 aromatic heterocycles. The summed E-state index contributed by atoms with van der Waals surface area (Å²) < 4.78 is 0. The molecule has 4 nitrogen and oxygen atoms in total. The molecular weight excluding hydrogens is 343 g/mol. The molecule has 2 fully saturated rings. The van der Waals surface area contributed by atoms with Crippen LogP contribution in [0.1, 0.15) is 52.4 Å². The standard InChI is InChI=1S/C20H26O4.K/c1-18-8-5-13(21)11-12(18)3-4-14-15(18)6-9-19(2)16(14)7-10-20(19,24)17(22)23;/h3-4,11,14-16,24H,5-10H2,1-2H3,(H,22,23);/q;+1/t14?,15-,16-,18?,19?,20?;/m0./s1. The van der Waals surface area contributed by atoms with Gasteiger partial charge in [0.25, 0.3) is 0 Å². The molecule has 4 aliphatic carbocycles. The van der Waals surface area contributed by atoms with E-state index in [4.69, 9.17) is 0 Å². The van der Waals surface area contributed by atoms with E-state index >= 15 is 0 Å². The molecule has 0 saturated heterocycles. The first kappa shape index (κ1) is 20.0. The average molecular weight is 370 g/mol. The molecule has 4 aliphatic rings. The van der Waals surface area contributed by atoms with Crippen LogP contribution in [0.3, 0.4) is 0 Å². The summed E-state index contributed by atoms with van der Waals surface area (Å²) in [7, 11) is 0. The van der Waals surface area contributed by atoms with Gasteiger partial charge in [-0.2, -0.15) is 0 Å². The molecule has 2 N–H and O–H groups in total. The van der Waals surface area contributed by atoms with Crippen molar-refractivity contribution in [3.05, 3.63) is 23.8 Å². The van der Waals surface area contributed by atoms with Gasteiger partial charge in [-0.05, 0) is 66.9 Å². The smallest absolute Gasteiger partial charge is 0.479 e. The molecule has 0 bridgehead atoms. The zero-order valence-electron chi connectivity index (χ0n) is 15.4. The van der Waals surface area contributed by atoms with E-state index < -0.39 is 17.0 Å². The molecule has 4 rings (SSSR count). The van der Waals surface area contributed by atoms with Gasteiger partial charge in [0, 0.05) is 11.8 Å². The molecule has 6 atom stereocenters. The Bertz CT molecular complexity index is 683. The third-order valence-corrected chi connectivity index (χ3v) is 8.02. The van der Waals surface area contributed by atoms with Crippen molar-refractivity contribution in [1.82, 2.24) is 0 Å². The summed E-state index contributed by atoms with van der Waals surface area (Å²) >= 11 is 0. The number of carboxylic acids is 1. The van der Waals surface area contributed by atoms with Gasteiger partial charge < -0.3 is 10.2 Å². The van der Waals surface area contributed by atoms with Gasteiger partial charge in [0.2, 0.25) is 0 Å². The number of allylic oxidation sites excluding steroid dienone is 4. The number of hydrogen-bond donors (Lipinski definition) is 2. The number of carbonyl (C=O) groups is 2. The van der Waals surface area contributed by atoms with Crippen LogP contribution in [-0.2, 0) is 9.59 Å². The first-order valence-electron chi connectivity index (χ1n) is 9.11. The Balaban J connectivity index is 0.00000182. The van der Waals surface area contributed by atoms with E-state index in [1.54, 1.807) is 0 Å². The van der Waals surface area contributed by atoms with Crippen LogP contribution in [0.25, 0.3) is 0 Å². The predicted octanol–water partition coefficient (Wildman–Crippen LogP) is 0.114. The Morgan fingerprint density at radius 3 is 2.52 bits per heavy atom. The fraction of sp³-hybridized carbons (Fsp3) is 0.700. The fourth-order valence-corrected chi connectivity index (χ4v) is 6.37. The Kier molecular flexibility index (Phi) is 5.10. The van der Waals surface area contributed by atoms with Crippen molar-refractivity contribution in [1.29, 1.82) is 0 Å². The molecule has 0 aromatic carbocycles. The summed E-state index contributed by atoms with van der Waals surface area (Å²) in [6.45, 7) is 4.24. The van der Waals surface area contributed by atoms with E-state index in [1.165, 1.54) is 0 Å². The second-order valence-electron chi connectivity index (χ2n) is 8.79. The molecule has 2 saturated carbocycles. The van der Waals surface area contributed by atoms with Gasteiger partial charge in [0.15, 0.2) is 11.4 Å². The molecule has 25 heavy (non-hydrogen) atoms. The van der Waals surface area contributed by atoms with Crippen molar-refractivity contribution in [2.75, 3.05) is 0 Å². The molecule has 0 aromatic rings. The van der Waals surface area contributed by atoms with Gasteiger partial charge in [-0.15, -0.1) is 0 Å². The predicted molar refractivity (Wildman–Crippen MR) is 89.2 cm³/mol. The maximum Gasteiger partial charge on any atom is 1.00 e. The number of aliphatic carboxylic acids is 1. The van der Waals surface area contributed by atoms with Crippen molar-refractivity contribution >= 4 is 11.8 Å². The molecule has 0 heterocycles. The van der Waals surface area contributed by atoms with E-state index in [1.807, 2.05) is 13.0 Å². The quantitative estimate of drug-likeness (QED) is 0.644. The number of rotatable bonds is 1. The van der Waals surface area contributed by atoms with Crippen molar-refractivity contribution < 1.29 is 71.2 Å². The van der Waals surface area contributed by atoms with Crippen molar-refractivity contribution in [3.8, 4) is 0 Å². The summed E-state index contributed by atoms with van der Waals surface area (Å²) in [6, 6.07) is 0. The maximum absolute atomic E-state index is 11.8. The topological polar surface area (TPSA) is 74.6 Å². The van der Waals surface area contributed by atoms with Crippen LogP contribution in [0, 0.1) is 28.6 Å². The molecule has 0 amide bonds. The van der Waals surface area contributed by atoms with Crippen LogP contribution in [0.5, 0.6) is 0 Å². The van der Waals surface area contributed by atoms with E-state index in [0.29, 0.717) is 24.7 Å². The zero-order valence-corrected chi connectivity index (χ0v) is 18.5. The molecular formula is C20H26KO4+. The maximum atomic E-state index is 11.8. The van der Waals surface area contributed by atoms with Crippen LogP contribution in [0.15, 0.2) is 23.8 Å². The SMILES string of the molecule is CC12CCC(=O)C=C1C=CC1[C@@H]2CCC2(C)[C@H]1CCC2(O)C(=O)O.[K+]. The van der Waals surface area contributed by atoms with Crippen molar-refractivity contribution in [2.24, 2.45) is 28.6 Å². The summed E-state index contributed by atoms with van der Waals surface area (Å²) in [5.41, 5.74) is -1.00. The van der Waals surface area contributed by atoms with Crippen LogP contribution >= 0.6 is 0 Å². The Hall–Kier alpha value is 0.216. The Morgan fingerprint density at radius 2 is 1.84 bits per heavy atom. The van der Waals surface area contributed by atoms with Gasteiger partial charge >= 0.3 is 57.4 Å². The fourth-order valence-electron chi connectivity index (χ4n) is 6.37. The molecule has 5 heteroatoms. The summed E-state index contributed by atoms with van der Waals surface area (Å²) in [5.74, 6) is 0.0845. The largest absolute Gasteiger partial charge is 1.00 e. The van der Waals surface area contributed by atoms with Gasteiger partial charge in [-0.1, -0.05) is 26.0 Å². The van der Waals surface area contributed by atoms with Crippen LogP contribution in [0.2, 0.25) is 0 Å². The first-order valence-corrected chi connectivity index (χ1v) is 9.11. The minimum absolute atomic E-state index is 0. The third-order valence-electron chi connectivity index (χ3n) is 8.02. The van der Waals surface area contributed by atoms with Crippen molar-refractivity contribution in [3.63, 3.8) is 0 Å². The molecule has 0 aliphatic heterocycles. The average Bonchev–Trinajstić information content (AvgIpc) is 2.81. The van der Waals surface area contributed by atoms with Crippen LogP contribution < -0.4 is 51.4 Å².